The predicted molar refractivity (Wildman–Crippen MR) is 123 cm³/mol. The molecule has 6 nitrogen and oxygen atoms in total. The lowest BCUT2D eigenvalue weighted by molar-refractivity contribution is -0.240. The van der Waals surface area contributed by atoms with Gasteiger partial charge in [0.2, 0.25) is 17.4 Å². The second-order valence-corrected chi connectivity index (χ2v) is 9.63. The van der Waals surface area contributed by atoms with Gasteiger partial charge >= 0.3 is 6.18 Å². The van der Waals surface area contributed by atoms with Gasteiger partial charge in [0, 0.05) is 52.9 Å². The van der Waals surface area contributed by atoms with Crippen molar-refractivity contribution < 1.29 is 22.7 Å². The third-order valence-corrected chi connectivity index (χ3v) is 5.85. The van der Waals surface area contributed by atoms with Crippen LogP contribution in [0.25, 0.3) is 5.57 Å². The van der Waals surface area contributed by atoms with E-state index in [0.717, 1.165) is 17.7 Å². The Morgan fingerprint density at radius 3 is 2.34 bits per heavy atom. The van der Waals surface area contributed by atoms with Gasteiger partial charge in [-0.1, -0.05) is 62.6 Å². The fraction of sp³-hybridized carbons (Fsp3) is 0.346. The highest BCUT2D eigenvalue weighted by atomic mass is 19.4. The summed E-state index contributed by atoms with van der Waals surface area (Å²) in [4.78, 5) is 12.9. The Labute approximate surface area is 200 Å². The van der Waals surface area contributed by atoms with Gasteiger partial charge in [-0.05, 0) is 12.8 Å². The minimum Gasteiger partial charge on any atom is -0.420 e. The molecule has 0 bridgehead atoms. The number of aliphatic hydroxyl groups is 1. The number of pyridine rings is 1. The Morgan fingerprint density at radius 2 is 1.77 bits per heavy atom. The lowest BCUT2D eigenvalue weighted by Crippen LogP contribution is -2.41. The minimum absolute atomic E-state index is 0.142. The molecule has 3 aromatic rings. The van der Waals surface area contributed by atoms with E-state index in [1.54, 1.807) is 13.0 Å². The monoisotopic (exact) mass is 483 g/mol. The number of aryl methyl sites for hydroxylation is 1. The molecule has 1 N–H and O–H groups in total. The summed E-state index contributed by atoms with van der Waals surface area (Å²) in [6, 6.07) is 6.66. The summed E-state index contributed by atoms with van der Waals surface area (Å²) in [7, 11) is 1.50. The normalized spacial score (nSPS) is 15.5. The molecule has 0 aliphatic heterocycles. The molecule has 9 heteroatoms. The third-order valence-electron chi connectivity index (χ3n) is 5.85. The van der Waals surface area contributed by atoms with E-state index in [0.29, 0.717) is 22.6 Å². The fourth-order valence-electron chi connectivity index (χ4n) is 3.97. The highest BCUT2D eigenvalue weighted by molar-refractivity contribution is 5.86. The molecular weight excluding hydrogens is 459 g/mol. The van der Waals surface area contributed by atoms with Crippen LogP contribution < -0.4 is 5.56 Å². The summed E-state index contributed by atoms with van der Waals surface area (Å²) in [5.74, 6) is 5.10. The molecule has 0 fully saturated rings. The van der Waals surface area contributed by atoms with E-state index in [4.69, 9.17) is 4.42 Å². The number of hydrogen-bond donors (Lipinski definition) is 1. The van der Waals surface area contributed by atoms with Crippen LogP contribution in [0.2, 0.25) is 0 Å². The number of nitrogens with zero attached hydrogens (tertiary/aromatic N) is 3. The topological polar surface area (TPSA) is 81.2 Å². The first kappa shape index (κ1) is 24.5. The zero-order valence-electron chi connectivity index (χ0n) is 19.9. The van der Waals surface area contributed by atoms with Crippen LogP contribution in [0.1, 0.15) is 61.7 Å². The maximum absolute atomic E-state index is 14.0. The van der Waals surface area contributed by atoms with Crippen LogP contribution in [0.15, 0.2) is 51.3 Å². The number of halogens is 3. The molecule has 35 heavy (non-hydrogen) atoms. The van der Waals surface area contributed by atoms with Crippen LogP contribution in [-0.4, -0.2) is 26.0 Å². The summed E-state index contributed by atoms with van der Waals surface area (Å²) < 4.78 is 49.1. The number of alkyl halides is 3. The molecule has 0 amide bonds. The molecule has 1 aliphatic rings. The van der Waals surface area contributed by atoms with Crippen molar-refractivity contribution in [1.82, 2.24) is 14.8 Å². The Hall–Kier alpha value is -3.64. The summed E-state index contributed by atoms with van der Waals surface area (Å²) in [6.45, 7) is 7.51. The fourth-order valence-corrected chi connectivity index (χ4v) is 3.97. The van der Waals surface area contributed by atoms with Gasteiger partial charge in [0.15, 0.2) is 0 Å². The average Bonchev–Trinajstić information content (AvgIpc) is 3.39. The van der Waals surface area contributed by atoms with Crippen LogP contribution >= 0.6 is 0 Å². The van der Waals surface area contributed by atoms with Gasteiger partial charge in [0.25, 0.3) is 5.56 Å². The molecule has 2 heterocycles. The second-order valence-electron chi connectivity index (χ2n) is 9.63. The van der Waals surface area contributed by atoms with Crippen molar-refractivity contribution in [3.05, 3.63) is 86.5 Å². The van der Waals surface area contributed by atoms with Crippen molar-refractivity contribution in [3.8, 4) is 11.8 Å². The minimum atomic E-state index is -5.06. The van der Waals surface area contributed by atoms with E-state index < -0.39 is 22.8 Å². The zero-order valence-corrected chi connectivity index (χ0v) is 19.9. The Bertz CT molecular complexity index is 1450. The predicted octanol–water partition coefficient (Wildman–Crippen LogP) is 4.25. The van der Waals surface area contributed by atoms with E-state index in [1.807, 2.05) is 26.7 Å². The van der Waals surface area contributed by atoms with E-state index in [2.05, 4.69) is 16.1 Å². The molecule has 4 rings (SSSR count). The molecule has 1 aliphatic carbocycles. The number of rotatable bonds is 2. The maximum atomic E-state index is 14.0. The average molecular weight is 483 g/mol. The van der Waals surface area contributed by atoms with Crippen molar-refractivity contribution in [2.45, 2.75) is 51.3 Å². The van der Waals surface area contributed by atoms with Crippen molar-refractivity contribution >= 4 is 5.57 Å². The molecule has 1 aromatic carbocycles. The Kier molecular flexibility index (Phi) is 5.76. The lowest BCUT2D eigenvalue weighted by atomic mass is 9.92. The first-order chi connectivity index (χ1) is 16.2. The van der Waals surface area contributed by atoms with Crippen molar-refractivity contribution in [1.29, 1.82) is 0 Å². The highest BCUT2D eigenvalue weighted by Crippen LogP contribution is 2.40. The first-order valence-corrected chi connectivity index (χ1v) is 10.9. The quantitative estimate of drug-likeness (QED) is 0.552. The molecule has 1 atom stereocenters. The van der Waals surface area contributed by atoms with Gasteiger partial charge in [-0.25, -0.2) is 0 Å². The first-order valence-electron chi connectivity index (χ1n) is 10.9. The summed E-state index contributed by atoms with van der Waals surface area (Å²) in [5.41, 5.74) is -2.44. The van der Waals surface area contributed by atoms with E-state index >= 15 is 0 Å². The summed E-state index contributed by atoms with van der Waals surface area (Å²) in [5, 5.41) is 18.9. The molecule has 0 saturated carbocycles. The molecule has 0 spiro atoms. The Balaban J connectivity index is 1.93. The van der Waals surface area contributed by atoms with Gasteiger partial charge < -0.3 is 14.1 Å². The molecular formula is C26H24F3N3O3. The number of aromatic nitrogens is 3. The van der Waals surface area contributed by atoms with E-state index in [9.17, 15) is 23.1 Å². The lowest BCUT2D eigenvalue weighted by Gasteiger charge is -2.25. The molecule has 2 aromatic heterocycles. The second kappa shape index (κ2) is 8.24. The molecule has 1 unspecified atom stereocenters. The SMILES string of the molecule is CC1=C(c2nnc(C(C)(C)C)o2)c2c(C#CC(O)(c3ccccc3)C(F)(F)F)cn(C)c(=O)c2C1. The summed E-state index contributed by atoms with van der Waals surface area (Å²) >= 11 is 0. The number of benzene rings is 1. The van der Waals surface area contributed by atoms with Crippen molar-refractivity contribution in [3.63, 3.8) is 0 Å². The third kappa shape index (κ3) is 4.19. The molecule has 182 valence electrons. The molecule has 0 saturated heterocycles. The number of hydrogen-bond acceptors (Lipinski definition) is 5. The van der Waals surface area contributed by atoms with Crippen LogP contribution in [0.3, 0.4) is 0 Å². The van der Waals surface area contributed by atoms with E-state index in [1.165, 1.54) is 29.9 Å². The smallest absolute Gasteiger partial charge is 0.420 e. The Morgan fingerprint density at radius 1 is 1.11 bits per heavy atom. The number of fused-ring (bicyclic) bond motifs is 1. The van der Waals surface area contributed by atoms with Gasteiger partial charge in [0.05, 0.1) is 0 Å². The number of allylic oxidation sites excluding steroid dienone is 1. The van der Waals surface area contributed by atoms with E-state index in [-0.39, 0.29) is 23.4 Å². The van der Waals surface area contributed by atoms with Gasteiger partial charge in [-0.15, -0.1) is 10.2 Å². The van der Waals surface area contributed by atoms with Crippen LogP contribution in [0, 0.1) is 11.8 Å². The van der Waals surface area contributed by atoms with Crippen molar-refractivity contribution in [2.75, 3.05) is 0 Å². The van der Waals surface area contributed by atoms with Gasteiger partial charge in [-0.2, -0.15) is 13.2 Å². The highest BCUT2D eigenvalue weighted by Gasteiger charge is 2.54. The summed E-state index contributed by atoms with van der Waals surface area (Å²) in [6.07, 6.45) is -3.44. The zero-order chi connectivity index (χ0) is 25.8. The molecule has 0 radical (unpaired) electrons. The van der Waals surface area contributed by atoms with Crippen LogP contribution in [0.4, 0.5) is 13.2 Å². The van der Waals surface area contributed by atoms with Crippen LogP contribution in [-0.2, 0) is 24.5 Å². The largest absolute Gasteiger partial charge is 0.433 e. The van der Waals surface area contributed by atoms with Gasteiger partial charge in [0.1, 0.15) is 0 Å². The van der Waals surface area contributed by atoms with Crippen molar-refractivity contribution in [2.24, 2.45) is 7.05 Å². The maximum Gasteiger partial charge on any atom is 0.433 e. The van der Waals surface area contributed by atoms with Gasteiger partial charge in [-0.3, -0.25) is 4.79 Å². The standard InChI is InChI=1S/C26H24F3N3O3/c1-15-13-18-20(19(15)21-30-31-23(35-21)24(2,3)4)16(14-32(5)22(18)33)11-12-25(34,26(27,28)29)17-9-7-6-8-10-17/h6-10,14,34H,13H2,1-5H3. The van der Waals surface area contributed by atoms with Crippen LogP contribution in [0.5, 0.6) is 0 Å².